The van der Waals surface area contributed by atoms with E-state index in [4.69, 9.17) is 10.5 Å². The number of anilines is 1. The van der Waals surface area contributed by atoms with Crippen molar-refractivity contribution in [2.24, 2.45) is 11.7 Å². The molecule has 2 rings (SSSR count). The average molecular weight is 276 g/mol. The Morgan fingerprint density at radius 2 is 1.80 bits per heavy atom. The molecule has 0 unspecified atom stereocenters. The summed E-state index contributed by atoms with van der Waals surface area (Å²) < 4.78 is 5.34. The Morgan fingerprint density at radius 3 is 2.40 bits per heavy atom. The topological polar surface area (TPSA) is 81.4 Å². The van der Waals surface area contributed by atoms with Crippen molar-refractivity contribution in [2.45, 2.75) is 32.1 Å². The summed E-state index contributed by atoms with van der Waals surface area (Å²) in [4.78, 5) is 22.6. The fourth-order valence-corrected chi connectivity index (χ4v) is 2.46. The number of hydrogen-bond acceptors (Lipinski definition) is 3. The van der Waals surface area contributed by atoms with Crippen LogP contribution in [0.4, 0.5) is 10.5 Å². The molecule has 1 aromatic carbocycles. The number of carbonyl (C=O) groups is 2. The molecule has 0 spiro atoms. The third-order valence-electron chi connectivity index (χ3n) is 3.56. The molecule has 3 N–H and O–H groups in total. The SMILES string of the molecule is NC(=O)Nc1ccc(C(=O)OCC2CCCCC2)cc1. The van der Waals surface area contributed by atoms with Crippen molar-refractivity contribution in [3.8, 4) is 0 Å². The van der Waals surface area contributed by atoms with Crippen LogP contribution in [0.15, 0.2) is 24.3 Å². The number of nitrogens with two attached hydrogens (primary N) is 1. The molecule has 108 valence electrons. The lowest BCUT2D eigenvalue weighted by atomic mass is 9.90. The summed E-state index contributed by atoms with van der Waals surface area (Å²) in [6.07, 6.45) is 6.05. The Morgan fingerprint density at radius 1 is 1.15 bits per heavy atom. The zero-order valence-corrected chi connectivity index (χ0v) is 11.4. The molecule has 1 saturated carbocycles. The number of carbonyl (C=O) groups excluding carboxylic acids is 2. The van der Waals surface area contributed by atoms with Gasteiger partial charge in [0, 0.05) is 5.69 Å². The Kier molecular flexibility index (Phi) is 4.98. The molecule has 1 fully saturated rings. The number of esters is 1. The lowest BCUT2D eigenvalue weighted by molar-refractivity contribution is 0.0410. The van der Waals surface area contributed by atoms with Crippen LogP contribution in [0.1, 0.15) is 42.5 Å². The Bertz CT molecular complexity index is 465. The van der Waals surface area contributed by atoms with Gasteiger partial charge in [-0.05, 0) is 43.0 Å². The van der Waals surface area contributed by atoms with Gasteiger partial charge < -0.3 is 15.8 Å². The third kappa shape index (κ3) is 4.26. The van der Waals surface area contributed by atoms with Gasteiger partial charge >= 0.3 is 12.0 Å². The molecule has 1 aliphatic carbocycles. The van der Waals surface area contributed by atoms with Gasteiger partial charge in [0.05, 0.1) is 12.2 Å². The molecule has 0 atom stereocenters. The molecule has 0 heterocycles. The highest BCUT2D eigenvalue weighted by Gasteiger charge is 2.16. The second-order valence-electron chi connectivity index (χ2n) is 5.17. The number of benzene rings is 1. The first kappa shape index (κ1) is 14.4. The summed E-state index contributed by atoms with van der Waals surface area (Å²) in [5.41, 5.74) is 6.05. The van der Waals surface area contributed by atoms with Gasteiger partial charge in [0.15, 0.2) is 0 Å². The number of urea groups is 1. The molecule has 5 nitrogen and oxygen atoms in total. The van der Waals surface area contributed by atoms with Gasteiger partial charge in [0.25, 0.3) is 0 Å². The zero-order valence-electron chi connectivity index (χ0n) is 11.4. The number of nitrogens with one attached hydrogen (secondary N) is 1. The highest BCUT2D eigenvalue weighted by Crippen LogP contribution is 2.24. The van der Waals surface area contributed by atoms with E-state index in [-0.39, 0.29) is 5.97 Å². The maximum atomic E-state index is 11.9. The predicted molar refractivity (Wildman–Crippen MR) is 76.5 cm³/mol. The van der Waals surface area contributed by atoms with E-state index >= 15 is 0 Å². The Labute approximate surface area is 118 Å². The van der Waals surface area contributed by atoms with Crippen molar-refractivity contribution in [3.63, 3.8) is 0 Å². The van der Waals surface area contributed by atoms with Gasteiger partial charge in [0.2, 0.25) is 0 Å². The number of rotatable bonds is 4. The Balaban J connectivity index is 1.83. The van der Waals surface area contributed by atoms with E-state index in [1.165, 1.54) is 19.3 Å². The molecular formula is C15H20N2O3. The highest BCUT2D eigenvalue weighted by molar-refractivity contribution is 5.91. The van der Waals surface area contributed by atoms with Gasteiger partial charge in [-0.15, -0.1) is 0 Å². The van der Waals surface area contributed by atoms with Crippen LogP contribution in [-0.4, -0.2) is 18.6 Å². The summed E-state index contributed by atoms with van der Waals surface area (Å²) in [5, 5.41) is 2.44. The van der Waals surface area contributed by atoms with Crippen LogP contribution in [0.2, 0.25) is 0 Å². The first-order valence-corrected chi connectivity index (χ1v) is 6.99. The van der Waals surface area contributed by atoms with Gasteiger partial charge in [-0.2, -0.15) is 0 Å². The first-order valence-electron chi connectivity index (χ1n) is 6.99. The van der Waals surface area contributed by atoms with Crippen LogP contribution >= 0.6 is 0 Å². The zero-order chi connectivity index (χ0) is 14.4. The molecule has 0 aromatic heterocycles. The largest absolute Gasteiger partial charge is 0.462 e. The molecule has 0 radical (unpaired) electrons. The van der Waals surface area contributed by atoms with Gasteiger partial charge in [-0.25, -0.2) is 9.59 Å². The second kappa shape index (κ2) is 6.93. The predicted octanol–water partition coefficient (Wildman–Crippen LogP) is 2.91. The molecule has 2 amide bonds. The van der Waals surface area contributed by atoms with E-state index in [2.05, 4.69) is 5.32 Å². The van der Waals surface area contributed by atoms with E-state index in [0.717, 1.165) is 12.8 Å². The highest BCUT2D eigenvalue weighted by atomic mass is 16.5. The summed E-state index contributed by atoms with van der Waals surface area (Å²) in [6, 6.07) is 5.87. The standard InChI is InChI=1S/C15H20N2O3/c16-15(19)17-13-8-6-12(7-9-13)14(18)20-10-11-4-2-1-3-5-11/h6-9,11H,1-5,10H2,(H3,16,17,19). The molecular weight excluding hydrogens is 256 g/mol. The summed E-state index contributed by atoms with van der Waals surface area (Å²) in [6.45, 7) is 0.500. The number of primary amides is 1. The van der Waals surface area contributed by atoms with E-state index in [1.807, 2.05) is 0 Å². The lowest BCUT2D eigenvalue weighted by Gasteiger charge is -2.21. The van der Waals surface area contributed by atoms with Crippen LogP contribution in [-0.2, 0) is 4.74 Å². The quantitative estimate of drug-likeness (QED) is 0.829. The van der Waals surface area contributed by atoms with Crippen molar-refractivity contribution in [1.82, 2.24) is 0 Å². The molecule has 5 heteroatoms. The van der Waals surface area contributed by atoms with Gasteiger partial charge in [-0.3, -0.25) is 0 Å². The second-order valence-corrected chi connectivity index (χ2v) is 5.17. The maximum Gasteiger partial charge on any atom is 0.338 e. The monoisotopic (exact) mass is 276 g/mol. The van der Waals surface area contributed by atoms with Crippen LogP contribution in [0.25, 0.3) is 0 Å². The summed E-state index contributed by atoms with van der Waals surface area (Å²) in [7, 11) is 0. The van der Waals surface area contributed by atoms with Gasteiger partial charge in [-0.1, -0.05) is 19.3 Å². The minimum atomic E-state index is -0.627. The van der Waals surface area contributed by atoms with Crippen LogP contribution in [0, 0.1) is 5.92 Å². The normalized spacial score (nSPS) is 15.6. The summed E-state index contributed by atoms with van der Waals surface area (Å²) in [5.74, 6) is 0.185. The van der Waals surface area contributed by atoms with E-state index < -0.39 is 6.03 Å². The number of amides is 2. The maximum absolute atomic E-state index is 11.9. The average Bonchev–Trinajstić information content (AvgIpc) is 2.46. The molecule has 0 aliphatic heterocycles. The molecule has 0 saturated heterocycles. The Hall–Kier alpha value is -2.04. The number of ether oxygens (including phenoxy) is 1. The minimum Gasteiger partial charge on any atom is -0.462 e. The fourth-order valence-electron chi connectivity index (χ4n) is 2.46. The number of hydrogen-bond donors (Lipinski definition) is 2. The van der Waals surface area contributed by atoms with Crippen LogP contribution < -0.4 is 11.1 Å². The summed E-state index contributed by atoms with van der Waals surface area (Å²) >= 11 is 0. The molecule has 1 aromatic rings. The molecule has 20 heavy (non-hydrogen) atoms. The van der Waals surface area contributed by atoms with Crippen LogP contribution in [0.3, 0.4) is 0 Å². The molecule has 0 bridgehead atoms. The van der Waals surface area contributed by atoms with E-state index in [1.54, 1.807) is 24.3 Å². The van der Waals surface area contributed by atoms with Crippen molar-refractivity contribution in [2.75, 3.05) is 11.9 Å². The van der Waals surface area contributed by atoms with Gasteiger partial charge in [0.1, 0.15) is 0 Å². The molecule has 1 aliphatic rings. The van der Waals surface area contributed by atoms with Crippen molar-refractivity contribution in [1.29, 1.82) is 0 Å². The lowest BCUT2D eigenvalue weighted by Crippen LogP contribution is -2.19. The smallest absolute Gasteiger partial charge is 0.338 e. The first-order chi connectivity index (χ1) is 9.65. The van der Waals surface area contributed by atoms with Crippen molar-refractivity contribution in [3.05, 3.63) is 29.8 Å². The minimum absolute atomic E-state index is 0.318. The third-order valence-corrected chi connectivity index (χ3v) is 3.56. The van der Waals surface area contributed by atoms with Crippen molar-refractivity contribution >= 4 is 17.7 Å². The fraction of sp³-hybridized carbons (Fsp3) is 0.467. The van der Waals surface area contributed by atoms with Crippen LogP contribution in [0.5, 0.6) is 0 Å². The van der Waals surface area contributed by atoms with E-state index in [9.17, 15) is 9.59 Å². The van der Waals surface area contributed by atoms with E-state index in [0.29, 0.717) is 23.8 Å². The van der Waals surface area contributed by atoms with Crippen molar-refractivity contribution < 1.29 is 14.3 Å².